The zero-order chi connectivity index (χ0) is 10.1. The normalized spacial score (nSPS) is 10.7. The van der Waals surface area contributed by atoms with Crippen molar-refractivity contribution in [3.05, 3.63) is 55.0 Å². The molecule has 3 rings (SSSR count). The molecule has 0 radical (unpaired) electrons. The highest BCUT2D eigenvalue weighted by Crippen LogP contribution is 2.18. The lowest BCUT2D eigenvalue weighted by Gasteiger charge is -1.99. The highest BCUT2D eigenvalue weighted by molar-refractivity contribution is 5.61. The van der Waals surface area contributed by atoms with Gasteiger partial charge < -0.3 is 0 Å². The first-order valence-electron chi connectivity index (χ1n) is 4.79. The van der Waals surface area contributed by atoms with Crippen LogP contribution in [0.4, 0.5) is 0 Å². The third kappa shape index (κ3) is 1.29. The maximum absolute atomic E-state index is 4.25. The number of hydrogen-bond donors (Lipinski definition) is 0. The summed E-state index contributed by atoms with van der Waals surface area (Å²) in [5, 5.41) is 0. The van der Waals surface area contributed by atoms with Gasteiger partial charge in [-0.25, -0.2) is 9.97 Å². The first-order chi connectivity index (χ1) is 7.45. The number of imidazole rings is 1. The number of hydrogen-bond acceptors (Lipinski definition) is 2. The van der Waals surface area contributed by atoms with E-state index >= 15 is 0 Å². The van der Waals surface area contributed by atoms with Gasteiger partial charge >= 0.3 is 0 Å². The van der Waals surface area contributed by atoms with Crippen LogP contribution < -0.4 is 0 Å². The molecule has 0 N–H and O–H groups in total. The topological polar surface area (TPSA) is 30.2 Å². The van der Waals surface area contributed by atoms with Crippen LogP contribution in [0.25, 0.3) is 17.0 Å². The Morgan fingerprint density at radius 1 is 0.933 bits per heavy atom. The van der Waals surface area contributed by atoms with Crippen LogP contribution in [0.1, 0.15) is 0 Å². The van der Waals surface area contributed by atoms with Crippen LogP contribution in [0.5, 0.6) is 0 Å². The number of fused-ring (bicyclic) bond motifs is 1. The number of rotatable bonds is 1. The van der Waals surface area contributed by atoms with Crippen molar-refractivity contribution in [2.24, 2.45) is 0 Å². The molecular formula is C12H9N3. The maximum Gasteiger partial charge on any atom is 0.234 e. The predicted molar refractivity (Wildman–Crippen MR) is 58.4 cm³/mol. The second kappa shape index (κ2) is 3.20. The van der Waals surface area contributed by atoms with Gasteiger partial charge in [0, 0.05) is 18.0 Å². The van der Waals surface area contributed by atoms with Gasteiger partial charge in [-0.15, -0.1) is 0 Å². The van der Waals surface area contributed by atoms with Crippen LogP contribution in [0.2, 0.25) is 0 Å². The molecule has 0 saturated carbocycles. The molecule has 3 heteroatoms. The number of nitrogens with zero attached hydrogens (tertiary/aromatic N) is 3. The molecule has 0 fully saturated rings. The van der Waals surface area contributed by atoms with Crippen LogP contribution in [-0.2, 0) is 0 Å². The zero-order valence-electron chi connectivity index (χ0n) is 8.04. The van der Waals surface area contributed by atoms with Crippen molar-refractivity contribution in [2.45, 2.75) is 0 Å². The second-order valence-corrected chi connectivity index (χ2v) is 3.30. The third-order valence-corrected chi connectivity index (χ3v) is 2.36. The smallest absolute Gasteiger partial charge is 0.234 e. The summed E-state index contributed by atoms with van der Waals surface area (Å²) in [6, 6.07) is 12.1. The fourth-order valence-electron chi connectivity index (χ4n) is 1.65. The minimum Gasteiger partial charge on any atom is -0.284 e. The van der Waals surface area contributed by atoms with Gasteiger partial charge in [0.15, 0.2) is 0 Å². The summed E-state index contributed by atoms with van der Waals surface area (Å²) in [6.45, 7) is 0. The molecule has 0 aliphatic heterocycles. The third-order valence-electron chi connectivity index (χ3n) is 2.36. The Hall–Kier alpha value is -2.16. The molecule has 3 aromatic rings. The summed E-state index contributed by atoms with van der Waals surface area (Å²) in [7, 11) is 0. The van der Waals surface area contributed by atoms with Crippen molar-refractivity contribution >= 4 is 5.78 Å². The highest BCUT2D eigenvalue weighted by Gasteiger charge is 2.04. The van der Waals surface area contributed by atoms with E-state index in [-0.39, 0.29) is 0 Å². The molecule has 1 aromatic carbocycles. The summed E-state index contributed by atoms with van der Waals surface area (Å²) in [6.07, 6.45) is 5.56. The van der Waals surface area contributed by atoms with Crippen LogP contribution in [-0.4, -0.2) is 14.4 Å². The van der Waals surface area contributed by atoms with Gasteiger partial charge in [-0.05, 0) is 6.07 Å². The van der Waals surface area contributed by atoms with Gasteiger partial charge in [0.25, 0.3) is 0 Å². The Balaban J connectivity index is 2.28. The Morgan fingerprint density at radius 2 is 1.80 bits per heavy atom. The largest absolute Gasteiger partial charge is 0.284 e. The monoisotopic (exact) mass is 195 g/mol. The van der Waals surface area contributed by atoms with E-state index in [9.17, 15) is 0 Å². The summed E-state index contributed by atoms with van der Waals surface area (Å²) in [5.41, 5.74) is 2.22. The molecule has 15 heavy (non-hydrogen) atoms. The van der Waals surface area contributed by atoms with Crippen molar-refractivity contribution in [1.29, 1.82) is 0 Å². The molecule has 3 nitrogen and oxygen atoms in total. The van der Waals surface area contributed by atoms with Crippen LogP contribution in [0, 0.1) is 0 Å². The van der Waals surface area contributed by atoms with Gasteiger partial charge in [-0.1, -0.05) is 30.3 Å². The molecule has 0 spiro atoms. The van der Waals surface area contributed by atoms with Crippen molar-refractivity contribution in [3.63, 3.8) is 0 Å². The predicted octanol–water partition coefficient (Wildman–Crippen LogP) is 2.40. The Labute approximate surface area is 87.0 Å². The van der Waals surface area contributed by atoms with Gasteiger partial charge in [-0.3, -0.25) is 4.40 Å². The van der Waals surface area contributed by atoms with E-state index in [0.717, 1.165) is 17.0 Å². The molecule has 2 aromatic heterocycles. The standard InChI is InChI=1S/C12H9N3/c1-2-5-10(6-3-1)11-9-14-12-13-7-4-8-15(11)12/h1-9H. The fraction of sp³-hybridized carbons (Fsp3) is 0. The van der Waals surface area contributed by atoms with E-state index < -0.39 is 0 Å². The average Bonchev–Trinajstić information content (AvgIpc) is 2.74. The molecule has 0 bridgehead atoms. The van der Waals surface area contributed by atoms with Gasteiger partial charge in [-0.2, -0.15) is 0 Å². The lowest BCUT2D eigenvalue weighted by Crippen LogP contribution is -1.88. The minimum atomic E-state index is 0.733. The summed E-state index contributed by atoms with van der Waals surface area (Å²) in [4.78, 5) is 8.43. The van der Waals surface area contributed by atoms with Crippen molar-refractivity contribution in [2.75, 3.05) is 0 Å². The van der Waals surface area contributed by atoms with Gasteiger partial charge in [0.1, 0.15) is 0 Å². The fourth-order valence-corrected chi connectivity index (χ4v) is 1.65. The summed E-state index contributed by atoms with van der Waals surface area (Å²) < 4.78 is 1.98. The second-order valence-electron chi connectivity index (χ2n) is 3.30. The number of aromatic nitrogens is 3. The first kappa shape index (κ1) is 8.17. The first-order valence-corrected chi connectivity index (χ1v) is 4.79. The minimum absolute atomic E-state index is 0.733. The van der Waals surface area contributed by atoms with Crippen LogP contribution >= 0.6 is 0 Å². The van der Waals surface area contributed by atoms with Crippen molar-refractivity contribution in [3.8, 4) is 11.3 Å². The molecule has 2 heterocycles. The maximum atomic E-state index is 4.25. The Kier molecular flexibility index (Phi) is 1.75. The summed E-state index contributed by atoms with van der Waals surface area (Å²) in [5.74, 6) is 0.733. The summed E-state index contributed by atoms with van der Waals surface area (Å²) >= 11 is 0. The molecule has 0 amide bonds. The highest BCUT2D eigenvalue weighted by atomic mass is 15.1. The van der Waals surface area contributed by atoms with E-state index in [1.165, 1.54) is 0 Å². The molecule has 0 unspecified atom stereocenters. The quantitative estimate of drug-likeness (QED) is 0.596. The van der Waals surface area contributed by atoms with E-state index in [0.29, 0.717) is 0 Å². The molecular weight excluding hydrogens is 186 g/mol. The van der Waals surface area contributed by atoms with Crippen LogP contribution in [0.15, 0.2) is 55.0 Å². The molecule has 72 valence electrons. The Morgan fingerprint density at radius 3 is 2.67 bits per heavy atom. The molecule has 0 saturated heterocycles. The lowest BCUT2D eigenvalue weighted by molar-refractivity contribution is 1.11. The average molecular weight is 195 g/mol. The van der Waals surface area contributed by atoms with E-state index in [4.69, 9.17) is 0 Å². The zero-order valence-corrected chi connectivity index (χ0v) is 8.04. The molecule has 0 atom stereocenters. The van der Waals surface area contributed by atoms with Gasteiger partial charge in [0.2, 0.25) is 5.78 Å². The van der Waals surface area contributed by atoms with Crippen LogP contribution in [0.3, 0.4) is 0 Å². The van der Waals surface area contributed by atoms with E-state index in [1.54, 1.807) is 6.20 Å². The Bertz CT molecular complexity index is 584. The van der Waals surface area contributed by atoms with Gasteiger partial charge in [0.05, 0.1) is 11.9 Å². The van der Waals surface area contributed by atoms with E-state index in [2.05, 4.69) is 22.1 Å². The SMILES string of the molecule is c1ccc(-c2cnc3ncccn23)cc1. The lowest BCUT2D eigenvalue weighted by atomic mass is 10.2. The molecule has 0 aliphatic rings. The van der Waals surface area contributed by atoms with Crippen molar-refractivity contribution < 1.29 is 0 Å². The van der Waals surface area contributed by atoms with Crippen molar-refractivity contribution in [1.82, 2.24) is 14.4 Å². The molecule has 0 aliphatic carbocycles. The van der Waals surface area contributed by atoms with E-state index in [1.807, 2.05) is 41.1 Å². The number of benzene rings is 1.